The normalized spacial score (nSPS) is 16.9. The van der Waals surface area contributed by atoms with Gasteiger partial charge in [-0.05, 0) is 31.5 Å². The molecule has 0 bridgehead atoms. The van der Waals surface area contributed by atoms with Gasteiger partial charge in [0, 0.05) is 10.9 Å². The van der Waals surface area contributed by atoms with Crippen LogP contribution in [0.4, 0.5) is 10.8 Å². The van der Waals surface area contributed by atoms with Crippen LogP contribution < -0.4 is 14.8 Å². The lowest BCUT2D eigenvalue weighted by molar-refractivity contribution is -0.122. The van der Waals surface area contributed by atoms with Crippen LogP contribution in [0.2, 0.25) is 0 Å². The van der Waals surface area contributed by atoms with E-state index in [1.165, 1.54) is 11.3 Å². The minimum absolute atomic E-state index is 0.0579. The number of rotatable bonds is 5. The number of anilines is 2. The molecule has 24 heavy (non-hydrogen) atoms. The second-order valence-corrected chi connectivity index (χ2v) is 8.12. The van der Waals surface area contributed by atoms with Crippen molar-refractivity contribution in [1.29, 1.82) is 0 Å². The maximum atomic E-state index is 11.8. The highest BCUT2D eigenvalue weighted by atomic mass is 32.2. The number of nitrogens with one attached hydrogen (secondary N) is 2. The van der Waals surface area contributed by atoms with E-state index in [0.717, 1.165) is 5.56 Å². The molecule has 1 aromatic carbocycles. The molecule has 0 saturated carbocycles. The number of nitrogens with zero attached hydrogens (tertiary/aromatic N) is 1. The Bertz CT molecular complexity index is 877. The van der Waals surface area contributed by atoms with Crippen LogP contribution in [-0.2, 0) is 14.8 Å². The van der Waals surface area contributed by atoms with Gasteiger partial charge in [0.2, 0.25) is 10.0 Å². The highest BCUT2D eigenvalue weighted by molar-refractivity contribution is 7.92. The predicted octanol–water partition coefficient (Wildman–Crippen LogP) is 2.68. The molecular weight excluding hydrogens is 350 g/mol. The third-order valence-electron chi connectivity index (χ3n) is 3.43. The van der Waals surface area contributed by atoms with E-state index >= 15 is 0 Å². The zero-order valence-electron chi connectivity index (χ0n) is 13.2. The molecule has 1 unspecified atom stereocenters. The van der Waals surface area contributed by atoms with Gasteiger partial charge in [0.1, 0.15) is 5.75 Å². The van der Waals surface area contributed by atoms with E-state index in [2.05, 4.69) is 15.0 Å². The number of carbonyl (C=O) groups excluding carboxylic acids is 1. The Morgan fingerprint density at radius 3 is 2.96 bits per heavy atom. The predicted molar refractivity (Wildman–Crippen MR) is 94.0 cm³/mol. The largest absolute Gasteiger partial charge is 0.479 e. The zero-order valence-corrected chi connectivity index (χ0v) is 14.8. The average molecular weight is 367 g/mol. The molecule has 1 aliphatic heterocycles. The maximum Gasteiger partial charge on any atom is 0.265 e. The summed E-state index contributed by atoms with van der Waals surface area (Å²) in [6.07, 6.45) is 0.0125. The minimum atomic E-state index is -3.36. The summed E-state index contributed by atoms with van der Waals surface area (Å²) in [6, 6.07) is 5.35. The average Bonchev–Trinajstić information content (AvgIpc) is 2.95. The third-order valence-corrected chi connectivity index (χ3v) is 5.76. The number of thiazole rings is 1. The Morgan fingerprint density at radius 1 is 1.42 bits per heavy atom. The first kappa shape index (κ1) is 16.7. The van der Waals surface area contributed by atoms with Crippen LogP contribution in [-0.4, -0.2) is 31.2 Å². The molecule has 2 aromatic rings. The SMILES string of the molecule is CCCS(=O)(=O)Nc1nc(-c2ccc3c(c2)NC(=O)C(C)O3)cs1. The fraction of sp³-hybridized carbons (Fsp3) is 0.333. The van der Waals surface area contributed by atoms with Gasteiger partial charge in [-0.3, -0.25) is 9.52 Å². The van der Waals surface area contributed by atoms with E-state index in [4.69, 9.17) is 4.74 Å². The van der Waals surface area contributed by atoms with Crippen molar-refractivity contribution in [2.45, 2.75) is 26.4 Å². The third kappa shape index (κ3) is 3.51. The first-order valence-electron chi connectivity index (χ1n) is 7.46. The maximum absolute atomic E-state index is 11.8. The molecule has 2 N–H and O–H groups in total. The van der Waals surface area contributed by atoms with E-state index in [1.807, 2.05) is 6.07 Å². The number of ether oxygens (including phenoxy) is 1. The van der Waals surface area contributed by atoms with Gasteiger partial charge in [-0.15, -0.1) is 11.3 Å². The summed E-state index contributed by atoms with van der Waals surface area (Å²) in [6.45, 7) is 3.48. The molecule has 0 fully saturated rings. The number of amides is 1. The lowest BCUT2D eigenvalue weighted by Crippen LogP contribution is -2.34. The van der Waals surface area contributed by atoms with Crippen LogP contribution in [0.15, 0.2) is 23.6 Å². The lowest BCUT2D eigenvalue weighted by atomic mass is 10.1. The van der Waals surface area contributed by atoms with Crippen molar-refractivity contribution >= 4 is 38.1 Å². The van der Waals surface area contributed by atoms with Crippen LogP contribution in [0.1, 0.15) is 20.3 Å². The summed E-state index contributed by atoms with van der Waals surface area (Å²) in [5.74, 6) is 0.457. The molecule has 1 aliphatic rings. The van der Waals surface area contributed by atoms with Gasteiger partial charge in [-0.2, -0.15) is 0 Å². The van der Waals surface area contributed by atoms with Crippen molar-refractivity contribution in [3.8, 4) is 17.0 Å². The summed E-state index contributed by atoms with van der Waals surface area (Å²) >= 11 is 1.22. The van der Waals surface area contributed by atoms with Crippen LogP contribution >= 0.6 is 11.3 Å². The first-order chi connectivity index (χ1) is 11.4. The van der Waals surface area contributed by atoms with Crippen molar-refractivity contribution in [2.24, 2.45) is 0 Å². The molecule has 3 rings (SSSR count). The number of fused-ring (bicyclic) bond motifs is 1. The van der Waals surface area contributed by atoms with Gasteiger partial charge in [-0.25, -0.2) is 13.4 Å². The lowest BCUT2D eigenvalue weighted by Gasteiger charge is -2.23. The Morgan fingerprint density at radius 2 is 2.21 bits per heavy atom. The summed E-state index contributed by atoms with van der Waals surface area (Å²) < 4.78 is 31.6. The molecule has 2 heterocycles. The molecule has 0 radical (unpaired) electrons. The number of hydrogen-bond donors (Lipinski definition) is 2. The van der Waals surface area contributed by atoms with Gasteiger partial charge < -0.3 is 10.1 Å². The highest BCUT2D eigenvalue weighted by Gasteiger charge is 2.24. The van der Waals surface area contributed by atoms with Gasteiger partial charge >= 0.3 is 0 Å². The summed E-state index contributed by atoms with van der Waals surface area (Å²) in [5.41, 5.74) is 1.98. The number of hydrogen-bond acceptors (Lipinski definition) is 6. The van der Waals surface area contributed by atoms with Crippen molar-refractivity contribution in [3.63, 3.8) is 0 Å². The second-order valence-electron chi connectivity index (χ2n) is 5.42. The summed E-state index contributed by atoms with van der Waals surface area (Å²) in [7, 11) is -3.36. The van der Waals surface area contributed by atoms with Crippen molar-refractivity contribution in [2.75, 3.05) is 15.8 Å². The monoisotopic (exact) mass is 367 g/mol. The molecule has 0 aliphatic carbocycles. The fourth-order valence-corrected chi connectivity index (χ4v) is 4.36. The molecule has 7 nitrogen and oxygen atoms in total. The summed E-state index contributed by atoms with van der Waals surface area (Å²) in [4.78, 5) is 16.0. The number of benzene rings is 1. The van der Waals surface area contributed by atoms with E-state index in [-0.39, 0.29) is 11.7 Å². The van der Waals surface area contributed by atoms with E-state index in [1.54, 1.807) is 31.4 Å². The van der Waals surface area contributed by atoms with E-state index in [0.29, 0.717) is 28.7 Å². The molecule has 0 saturated heterocycles. The Balaban J connectivity index is 1.84. The Kier molecular flexibility index (Phi) is 4.46. The standard InChI is InChI=1S/C15H17N3O4S2/c1-3-6-24(20,21)18-15-17-12(8-23-15)10-4-5-13-11(7-10)16-14(19)9(2)22-13/h4-5,7-9H,3,6H2,1-2H3,(H,16,19)(H,17,18). The van der Waals surface area contributed by atoms with Gasteiger partial charge in [-0.1, -0.05) is 6.92 Å². The van der Waals surface area contributed by atoms with Gasteiger partial charge in [0.15, 0.2) is 11.2 Å². The Labute approximate surface area is 144 Å². The number of aromatic nitrogens is 1. The topological polar surface area (TPSA) is 97.4 Å². The number of carbonyl (C=O) groups is 1. The number of sulfonamides is 1. The molecule has 1 aromatic heterocycles. The van der Waals surface area contributed by atoms with Crippen molar-refractivity contribution in [3.05, 3.63) is 23.6 Å². The second kappa shape index (κ2) is 6.40. The molecule has 1 amide bonds. The van der Waals surface area contributed by atoms with E-state index < -0.39 is 16.1 Å². The summed E-state index contributed by atoms with van der Waals surface area (Å²) in [5, 5.41) is 4.87. The molecule has 0 spiro atoms. The van der Waals surface area contributed by atoms with Gasteiger partial charge in [0.05, 0.1) is 17.1 Å². The first-order valence-corrected chi connectivity index (χ1v) is 9.99. The highest BCUT2D eigenvalue weighted by Crippen LogP contribution is 2.35. The molecule has 1 atom stereocenters. The van der Waals surface area contributed by atoms with E-state index in [9.17, 15) is 13.2 Å². The van der Waals surface area contributed by atoms with Crippen LogP contribution in [0.3, 0.4) is 0 Å². The zero-order chi connectivity index (χ0) is 17.3. The van der Waals surface area contributed by atoms with Crippen molar-refractivity contribution < 1.29 is 17.9 Å². The minimum Gasteiger partial charge on any atom is -0.479 e. The smallest absolute Gasteiger partial charge is 0.265 e. The fourth-order valence-electron chi connectivity index (χ4n) is 2.27. The molecule has 9 heteroatoms. The van der Waals surface area contributed by atoms with Crippen LogP contribution in [0.25, 0.3) is 11.3 Å². The van der Waals surface area contributed by atoms with Crippen LogP contribution in [0, 0.1) is 0 Å². The van der Waals surface area contributed by atoms with Gasteiger partial charge in [0.25, 0.3) is 5.91 Å². The van der Waals surface area contributed by atoms with Crippen LogP contribution in [0.5, 0.6) is 5.75 Å². The molecular formula is C15H17N3O4S2. The quantitative estimate of drug-likeness (QED) is 0.847. The Hall–Kier alpha value is -2.13. The van der Waals surface area contributed by atoms with Crippen molar-refractivity contribution in [1.82, 2.24) is 4.98 Å². The molecule has 128 valence electrons.